The van der Waals surface area contributed by atoms with Gasteiger partial charge in [0.05, 0.1) is 11.5 Å². The normalized spacial score (nSPS) is 11.5. The van der Waals surface area contributed by atoms with Crippen molar-refractivity contribution in [3.63, 3.8) is 0 Å². The van der Waals surface area contributed by atoms with Crippen LogP contribution in [0.2, 0.25) is 0 Å². The molecule has 0 radical (unpaired) electrons. The highest BCUT2D eigenvalue weighted by atomic mass is 19.3. The second-order valence-corrected chi connectivity index (χ2v) is 3.34. The number of nitrogens with one attached hydrogen (secondary N) is 2. The summed E-state index contributed by atoms with van der Waals surface area (Å²) in [4.78, 5) is 16.8. The topological polar surface area (TPSA) is 93.0 Å². The van der Waals surface area contributed by atoms with E-state index in [2.05, 4.69) is 15.3 Å². The molecule has 0 aromatic carbocycles. The highest BCUT2D eigenvalue weighted by Crippen LogP contribution is 2.30. The molecule has 0 bridgehead atoms. The van der Waals surface area contributed by atoms with Crippen LogP contribution in [-0.4, -0.2) is 40.8 Å². The zero-order valence-electron chi connectivity index (χ0n) is 9.53. The van der Waals surface area contributed by atoms with Crippen LogP contribution < -0.4 is 10.6 Å². The predicted octanol–water partition coefficient (Wildman–Crippen LogP) is 1.74. The fourth-order valence-electron chi connectivity index (χ4n) is 1.14. The number of rotatable bonds is 6. The lowest BCUT2D eigenvalue weighted by atomic mass is 10.3. The molecule has 0 spiro atoms. The van der Waals surface area contributed by atoms with E-state index in [-0.39, 0.29) is 5.82 Å². The molecular formula is C8H9F4N5O2. The molecule has 1 aromatic heterocycles. The Morgan fingerprint density at radius 1 is 1.42 bits per heavy atom. The predicted molar refractivity (Wildman–Crippen MR) is 57.7 cm³/mol. The Morgan fingerprint density at radius 2 is 2.00 bits per heavy atom. The average molecular weight is 283 g/mol. The van der Waals surface area contributed by atoms with Crippen LogP contribution in [0.4, 0.5) is 34.9 Å². The zero-order chi connectivity index (χ0) is 14.6. The molecule has 0 unspecified atom stereocenters. The van der Waals surface area contributed by atoms with E-state index in [0.717, 1.165) is 6.33 Å². The van der Waals surface area contributed by atoms with E-state index in [9.17, 15) is 27.7 Å². The first-order valence-corrected chi connectivity index (χ1v) is 4.86. The molecule has 0 amide bonds. The lowest BCUT2D eigenvalue weighted by Gasteiger charge is -2.16. The fourth-order valence-corrected chi connectivity index (χ4v) is 1.14. The minimum atomic E-state index is -4.32. The number of nitro groups is 1. The monoisotopic (exact) mass is 283 g/mol. The molecule has 0 fully saturated rings. The van der Waals surface area contributed by atoms with Crippen molar-refractivity contribution in [1.82, 2.24) is 9.97 Å². The quantitative estimate of drug-likeness (QED) is 0.469. The fraction of sp³-hybridized carbons (Fsp3) is 0.500. The molecule has 0 saturated carbocycles. The summed E-state index contributed by atoms with van der Waals surface area (Å²) < 4.78 is 49.3. The van der Waals surface area contributed by atoms with E-state index < -0.39 is 35.3 Å². The Hall–Kier alpha value is -2.20. The van der Waals surface area contributed by atoms with Crippen molar-refractivity contribution in [2.24, 2.45) is 0 Å². The molecule has 11 heteroatoms. The van der Waals surface area contributed by atoms with E-state index >= 15 is 0 Å². The Morgan fingerprint density at radius 3 is 2.47 bits per heavy atom. The van der Waals surface area contributed by atoms with Crippen LogP contribution in [0.1, 0.15) is 0 Å². The summed E-state index contributed by atoms with van der Waals surface area (Å²) in [6.45, 7) is -1.48. The van der Waals surface area contributed by atoms with Gasteiger partial charge >= 0.3 is 18.0 Å². The molecule has 1 heterocycles. The van der Waals surface area contributed by atoms with E-state index in [1.165, 1.54) is 7.05 Å². The summed E-state index contributed by atoms with van der Waals surface area (Å²) in [7, 11) is 1.33. The Kier molecular flexibility index (Phi) is 4.40. The molecule has 7 nitrogen and oxygen atoms in total. The van der Waals surface area contributed by atoms with Gasteiger partial charge in [-0.3, -0.25) is 10.1 Å². The second kappa shape index (κ2) is 5.63. The summed E-state index contributed by atoms with van der Waals surface area (Å²) in [5, 5.41) is 15.0. The van der Waals surface area contributed by atoms with Crippen molar-refractivity contribution in [3.05, 3.63) is 16.4 Å². The zero-order valence-corrected chi connectivity index (χ0v) is 9.53. The van der Waals surface area contributed by atoms with Crippen molar-refractivity contribution >= 4 is 17.3 Å². The molecule has 2 N–H and O–H groups in total. The third kappa shape index (κ3) is 3.39. The maximum Gasteiger partial charge on any atom is 0.353 e. The third-order valence-electron chi connectivity index (χ3n) is 2.05. The Bertz CT molecular complexity index is 470. The molecule has 0 saturated heterocycles. The number of hydrogen-bond donors (Lipinski definition) is 2. The van der Waals surface area contributed by atoms with Crippen LogP contribution in [-0.2, 0) is 0 Å². The van der Waals surface area contributed by atoms with Gasteiger partial charge in [-0.15, -0.1) is 0 Å². The van der Waals surface area contributed by atoms with Crippen LogP contribution in [0.15, 0.2) is 6.33 Å². The number of halogens is 4. The average Bonchev–Trinajstić information content (AvgIpc) is 2.35. The van der Waals surface area contributed by atoms with Crippen LogP contribution in [0, 0.1) is 10.1 Å². The molecule has 0 atom stereocenters. The Labute approximate surface area is 104 Å². The highest BCUT2D eigenvalue weighted by Gasteiger charge is 2.41. The van der Waals surface area contributed by atoms with Crippen molar-refractivity contribution in [1.29, 1.82) is 0 Å². The minimum absolute atomic E-state index is 0.220. The first-order valence-electron chi connectivity index (χ1n) is 4.86. The van der Waals surface area contributed by atoms with Crippen molar-refractivity contribution in [2.45, 2.75) is 12.3 Å². The maximum absolute atomic E-state index is 12.7. The smallest absolute Gasteiger partial charge is 0.353 e. The van der Waals surface area contributed by atoms with E-state index in [0.29, 0.717) is 0 Å². The summed E-state index contributed by atoms with van der Waals surface area (Å²) in [6, 6.07) is 0. The summed E-state index contributed by atoms with van der Waals surface area (Å²) in [6.07, 6.45) is -3.01. The second-order valence-electron chi connectivity index (χ2n) is 3.34. The third-order valence-corrected chi connectivity index (χ3v) is 2.05. The van der Waals surface area contributed by atoms with Gasteiger partial charge in [-0.25, -0.2) is 18.7 Å². The van der Waals surface area contributed by atoms with Crippen molar-refractivity contribution in [3.8, 4) is 0 Å². The standard InChI is InChI=1S/C8H9F4N5O2/c1-13-5-4(17(18)19)6(16-3-15-5)14-2-8(11,12)7(9)10/h3,7H,2H2,1H3,(H2,13,14,15,16). The minimum Gasteiger partial charge on any atom is -0.367 e. The van der Waals surface area contributed by atoms with Crippen molar-refractivity contribution < 1.29 is 22.5 Å². The van der Waals surface area contributed by atoms with Gasteiger partial charge < -0.3 is 10.6 Å². The first kappa shape index (κ1) is 14.9. The molecule has 0 aliphatic carbocycles. The lowest BCUT2D eigenvalue weighted by molar-refractivity contribution is -0.383. The van der Waals surface area contributed by atoms with Crippen molar-refractivity contribution in [2.75, 3.05) is 24.2 Å². The molecule has 19 heavy (non-hydrogen) atoms. The number of anilines is 2. The number of nitrogens with zero attached hydrogens (tertiary/aromatic N) is 3. The van der Waals surface area contributed by atoms with Gasteiger partial charge in [0, 0.05) is 7.05 Å². The summed E-state index contributed by atoms with van der Waals surface area (Å²) >= 11 is 0. The van der Waals surface area contributed by atoms with Crippen LogP contribution in [0.3, 0.4) is 0 Å². The largest absolute Gasteiger partial charge is 0.367 e. The maximum atomic E-state index is 12.7. The molecule has 106 valence electrons. The van der Waals surface area contributed by atoms with Gasteiger partial charge in [-0.05, 0) is 0 Å². The summed E-state index contributed by atoms with van der Waals surface area (Å²) in [5.74, 6) is -5.11. The number of hydrogen-bond acceptors (Lipinski definition) is 6. The summed E-state index contributed by atoms with van der Waals surface area (Å²) in [5.41, 5.74) is -0.699. The van der Waals surface area contributed by atoms with Crippen LogP contribution >= 0.6 is 0 Å². The van der Waals surface area contributed by atoms with Gasteiger partial charge in [-0.1, -0.05) is 0 Å². The number of alkyl halides is 4. The van der Waals surface area contributed by atoms with E-state index in [4.69, 9.17) is 0 Å². The lowest BCUT2D eigenvalue weighted by Crippen LogP contribution is -2.35. The first-order chi connectivity index (χ1) is 8.79. The van der Waals surface area contributed by atoms with E-state index in [1.807, 2.05) is 5.32 Å². The molecular weight excluding hydrogens is 274 g/mol. The Balaban J connectivity index is 2.99. The van der Waals surface area contributed by atoms with Crippen LogP contribution in [0.5, 0.6) is 0 Å². The van der Waals surface area contributed by atoms with Gasteiger partial charge in [0.2, 0.25) is 11.6 Å². The highest BCUT2D eigenvalue weighted by molar-refractivity contribution is 5.69. The van der Waals surface area contributed by atoms with E-state index in [1.54, 1.807) is 0 Å². The van der Waals surface area contributed by atoms with Gasteiger partial charge in [0.1, 0.15) is 6.33 Å². The molecule has 1 aromatic rings. The number of aromatic nitrogens is 2. The molecule has 1 rings (SSSR count). The van der Waals surface area contributed by atoms with Gasteiger partial charge in [0.15, 0.2) is 0 Å². The van der Waals surface area contributed by atoms with Crippen LogP contribution in [0.25, 0.3) is 0 Å². The van der Waals surface area contributed by atoms with Gasteiger partial charge in [-0.2, -0.15) is 8.78 Å². The van der Waals surface area contributed by atoms with Gasteiger partial charge in [0.25, 0.3) is 0 Å². The SMILES string of the molecule is CNc1ncnc(NCC(F)(F)C(F)F)c1[N+](=O)[O-]. The molecule has 0 aliphatic heterocycles. The molecule has 0 aliphatic rings.